The van der Waals surface area contributed by atoms with Crippen LogP contribution in [0.25, 0.3) is 0 Å². The number of carbonyl (C=O) groups excluding carboxylic acids is 3. The molecule has 350 valence electrons. The van der Waals surface area contributed by atoms with Crippen LogP contribution >= 0.6 is 0 Å². The van der Waals surface area contributed by atoms with Crippen molar-refractivity contribution in [2.75, 3.05) is 13.2 Å². The van der Waals surface area contributed by atoms with Crippen molar-refractivity contribution in [2.45, 2.75) is 195 Å². The van der Waals surface area contributed by atoms with Crippen molar-refractivity contribution in [3.63, 3.8) is 0 Å². The van der Waals surface area contributed by atoms with Crippen LogP contribution in [0.4, 0.5) is 0 Å². The molecule has 3 saturated heterocycles. The Morgan fingerprint density at radius 3 is 2.18 bits per heavy atom. The van der Waals surface area contributed by atoms with Gasteiger partial charge in [-0.3, -0.25) is 4.79 Å². The van der Waals surface area contributed by atoms with Crippen LogP contribution in [-0.2, 0) is 52.3 Å². The molecule has 19 nitrogen and oxygen atoms in total. The van der Waals surface area contributed by atoms with Gasteiger partial charge in [0.05, 0.1) is 41.5 Å². The molecule has 22 atom stereocenters. The molecular formula is C43H64O19. The maximum absolute atomic E-state index is 13.4. The van der Waals surface area contributed by atoms with Crippen LogP contribution in [0.1, 0.15) is 91.9 Å². The molecule has 4 heterocycles. The van der Waals surface area contributed by atoms with Gasteiger partial charge in [0.15, 0.2) is 18.9 Å². The van der Waals surface area contributed by atoms with Gasteiger partial charge in [0.2, 0.25) is 0 Å². The zero-order chi connectivity index (χ0) is 44.7. The highest BCUT2D eigenvalue weighted by Gasteiger charge is 2.71. The summed E-state index contributed by atoms with van der Waals surface area (Å²) in [5.74, 6) is -1.46. The van der Waals surface area contributed by atoms with E-state index in [1.54, 1.807) is 13.0 Å². The van der Waals surface area contributed by atoms with Gasteiger partial charge in [-0.25, -0.2) is 4.79 Å². The summed E-state index contributed by atoms with van der Waals surface area (Å²) in [6, 6.07) is 0. The van der Waals surface area contributed by atoms with Gasteiger partial charge in [-0.2, -0.15) is 0 Å². The molecule has 19 heteroatoms. The standard InChI is InChI=1S/C43H64O19/c1-19-36(61-38-35(52)33(50)37(20(2)57-38)62-39-34(51)32(49)31(48)28(16-44)60-39)27(58-21(3)46)14-30(56-19)59-23-5-10-41(18-45)25-6-9-40(4)24(22-13-29(47)55-17-22)8-12-43(40,54)26(25)7-11-42(41,53)15-23/h13,18-20,23-28,30-39,44,48-54H,5-12,14-17H2,1-4H3/t19-,20+,23+,24-,25+,26-,27+,28-,30+,31-,32+,33+,34-,35-,36-,37+,38+,39+,40-,41+,42+,43+/m1/s1. The molecule has 0 amide bonds. The van der Waals surface area contributed by atoms with Gasteiger partial charge in [0.25, 0.3) is 0 Å². The van der Waals surface area contributed by atoms with Crippen LogP contribution in [0.15, 0.2) is 11.6 Å². The highest BCUT2D eigenvalue weighted by atomic mass is 16.8. The summed E-state index contributed by atoms with van der Waals surface area (Å²) in [6.45, 7) is 6.04. The van der Waals surface area contributed by atoms with Gasteiger partial charge in [0, 0.05) is 31.3 Å². The Bertz CT molecular complexity index is 1710. The molecule has 0 spiro atoms. The molecular weight excluding hydrogens is 820 g/mol. The topological polar surface area (TPSA) is 287 Å². The average Bonchev–Trinajstić information content (AvgIpc) is 3.77. The smallest absolute Gasteiger partial charge is 0.331 e. The van der Waals surface area contributed by atoms with Crippen LogP contribution in [0.5, 0.6) is 0 Å². The van der Waals surface area contributed by atoms with Crippen molar-refractivity contribution in [2.24, 2.45) is 28.6 Å². The lowest BCUT2D eigenvalue weighted by Crippen LogP contribution is -2.69. The Hall–Kier alpha value is -2.21. The number of hydrogen-bond donors (Lipinski definition) is 8. The first-order chi connectivity index (χ1) is 29.3. The molecule has 0 aromatic rings. The summed E-state index contributed by atoms with van der Waals surface area (Å²) in [5.41, 5.74) is -3.17. The minimum Gasteiger partial charge on any atom is -0.459 e. The monoisotopic (exact) mass is 884 g/mol. The van der Waals surface area contributed by atoms with Crippen LogP contribution in [-0.4, -0.2) is 176 Å². The third kappa shape index (κ3) is 7.58. The molecule has 8 aliphatic rings. The highest BCUT2D eigenvalue weighted by Crippen LogP contribution is 2.70. The SMILES string of the molecule is CC(=O)O[C@H]1C[C@H](O[C@H]2CC[C@]3(C=O)[C@H]4CC[C@]5(C)[C@@H](C6=CC(=O)OC6)CC[C@]5(O)[C@@H]4CC[C@]3(O)C2)O[C@H](C)[C@H]1O[C@@H]1O[C@@H](C)[C@H](O[C@@H]2O[C@H](CO)[C@@H](O)[C@H](O)[C@H]2O)[C@@H](O)[C@H]1O. The highest BCUT2D eigenvalue weighted by molar-refractivity contribution is 5.85. The summed E-state index contributed by atoms with van der Waals surface area (Å²) in [7, 11) is 0. The van der Waals surface area contributed by atoms with Crippen LogP contribution in [0, 0.1) is 28.6 Å². The molecule has 4 aliphatic carbocycles. The van der Waals surface area contributed by atoms with Crippen molar-refractivity contribution in [3.8, 4) is 0 Å². The first-order valence-corrected chi connectivity index (χ1v) is 22.2. The fraction of sp³-hybridized carbons (Fsp3) is 0.884. The van der Waals surface area contributed by atoms with Crippen molar-refractivity contribution >= 4 is 18.2 Å². The maximum atomic E-state index is 13.4. The van der Waals surface area contributed by atoms with Gasteiger partial charge >= 0.3 is 11.9 Å². The lowest BCUT2D eigenvalue weighted by atomic mass is 9.41. The van der Waals surface area contributed by atoms with Crippen molar-refractivity contribution < 1.29 is 93.1 Å². The van der Waals surface area contributed by atoms with Crippen molar-refractivity contribution in [1.29, 1.82) is 0 Å². The van der Waals surface area contributed by atoms with E-state index in [-0.39, 0.29) is 49.6 Å². The van der Waals surface area contributed by atoms with Crippen LogP contribution in [0.3, 0.4) is 0 Å². The molecule has 4 saturated carbocycles. The zero-order valence-electron chi connectivity index (χ0n) is 35.6. The van der Waals surface area contributed by atoms with E-state index in [0.717, 1.165) is 11.9 Å². The molecule has 62 heavy (non-hydrogen) atoms. The lowest BCUT2D eigenvalue weighted by molar-refractivity contribution is -0.369. The number of carbonyl (C=O) groups is 3. The largest absolute Gasteiger partial charge is 0.459 e. The first-order valence-electron chi connectivity index (χ1n) is 22.2. The quantitative estimate of drug-likeness (QED) is 0.0744. The Morgan fingerprint density at radius 2 is 1.50 bits per heavy atom. The summed E-state index contributed by atoms with van der Waals surface area (Å²) < 4.78 is 46.9. The Balaban J connectivity index is 0.905. The molecule has 0 unspecified atom stereocenters. The fourth-order valence-corrected chi connectivity index (χ4v) is 13.1. The van der Waals surface area contributed by atoms with Gasteiger partial charge in [-0.15, -0.1) is 0 Å². The number of aliphatic hydroxyl groups excluding tert-OH is 6. The molecule has 0 bridgehead atoms. The van der Waals surface area contributed by atoms with E-state index in [4.69, 9.17) is 37.9 Å². The number of ether oxygens (including phenoxy) is 8. The minimum atomic E-state index is -1.76. The van der Waals surface area contributed by atoms with E-state index in [0.29, 0.717) is 44.9 Å². The molecule has 8 N–H and O–H groups in total. The number of cyclic esters (lactones) is 1. The predicted molar refractivity (Wildman–Crippen MR) is 207 cm³/mol. The normalized spacial score (nSPS) is 52.8. The molecule has 4 aliphatic heterocycles. The molecule has 0 aromatic carbocycles. The summed E-state index contributed by atoms with van der Waals surface area (Å²) in [4.78, 5) is 37.7. The van der Waals surface area contributed by atoms with E-state index in [2.05, 4.69) is 6.92 Å². The number of rotatable bonds is 10. The molecule has 8 rings (SSSR count). The van der Waals surface area contributed by atoms with E-state index < -0.39 is 127 Å². The second-order valence-corrected chi connectivity index (χ2v) is 19.5. The van der Waals surface area contributed by atoms with E-state index in [1.165, 1.54) is 13.8 Å². The Morgan fingerprint density at radius 1 is 0.823 bits per heavy atom. The summed E-state index contributed by atoms with van der Waals surface area (Å²) >= 11 is 0. The van der Waals surface area contributed by atoms with Crippen LogP contribution < -0.4 is 0 Å². The first kappa shape index (κ1) is 46.3. The number of hydrogen-bond acceptors (Lipinski definition) is 19. The Kier molecular flexibility index (Phi) is 12.9. The lowest BCUT2D eigenvalue weighted by Gasteiger charge is -2.65. The average molecular weight is 885 g/mol. The second kappa shape index (κ2) is 17.2. The number of aliphatic hydroxyl groups is 8. The molecule has 0 aromatic heterocycles. The van der Waals surface area contributed by atoms with Gasteiger partial charge < -0.3 is 83.5 Å². The third-order valence-corrected chi connectivity index (χ3v) is 16.3. The van der Waals surface area contributed by atoms with Crippen molar-refractivity contribution in [1.82, 2.24) is 0 Å². The summed E-state index contributed by atoms with van der Waals surface area (Å²) in [6.07, 6.45) is -12.8. The number of fused-ring (bicyclic) bond motifs is 5. The minimum absolute atomic E-state index is 0.00332. The van der Waals surface area contributed by atoms with E-state index in [9.17, 15) is 55.2 Å². The fourth-order valence-electron chi connectivity index (χ4n) is 13.1. The predicted octanol–water partition coefficient (Wildman–Crippen LogP) is -0.974. The number of aldehydes is 1. The van der Waals surface area contributed by atoms with E-state index in [1.807, 2.05) is 0 Å². The zero-order valence-corrected chi connectivity index (χ0v) is 35.6. The van der Waals surface area contributed by atoms with Gasteiger partial charge in [-0.1, -0.05) is 6.92 Å². The van der Waals surface area contributed by atoms with Crippen molar-refractivity contribution in [3.05, 3.63) is 11.6 Å². The van der Waals surface area contributed by atoms with Crippen LogP contribution in [0.2, 0.25) is 0 Å². The second-order valence-electron chi connectivity index (χ2n) is 19.5. The summed E-state index contributed by atoms with van der Waals surface area (Å²) in [5, 5.41) is 87.7. The molecule has 0 radical (unpaired) electrons. The Labute approximate surface area is 359 Å². The van der Waals surface area contributed by atoms with Gasteiger partial charge in [0.1, 0.15) is 67.8 Å². The number of esters is 2. The van der Waals surface area contributed by atoms with Gasteiger partial charge in [-0.05, 0) is 88.5 Å². The maximum Gasteiger partial charge on any atom is 0.331 e. The third-order valence-electron chi connectivity index (χ3n) is 16.3. The van der Waals surface area contributed by atoms with E-state index >= 15 is 0 Å². The molecule has 7 fully saturated rings.